The Morgan fingerprint density at radius 3 is 2.25 bits per heavy atom. The molecule has 0 bridgehead atoms. The van der Waals surface area contributed by atoms with E-state index in [4.69, 9.17) is 0 Å². The summed E-state index contributed by atoms with van der Waals surface area (Å²) in [4.78, 5) is 13.8. The summed E-state index contributed by atoms with van der Waals surface area (Å²) in [6.45, 7) is 9.09. The molecule has 1 aliphatic heterocycles. The third kappa shape index (κ3) is 4.46. The molecule has 1 unspecified atom stereocenters. The summed E-state index contributed by atoms with van der Waals surface area (Å²) in [5, 5.41) is 4.42. The van der Waals surface area contributed by atoms with Gasteiger partial charge >= 0.3 is 0 Å². The van der Waals surface area contributed by atoms with Gasteiger partial charge in [0.2, 0.25) is 0 Å². The van der Waals surface area contributed by atoms with Crippen LogP contribution in [0.15, 0.2) is 49.1 Å². The molecule has 0 aliphatic carbocycles. The van der Waals surface area contributed by atoms with Crippen LogP contribution in [-0.2, 0) is 20.1 Å². The second kappa shape index (κ2) is 8.20. The Labute approximate surface area is 166 Å². The van der Waals surface area contributed by atoms with Gasteiger partial charge < -0.3 is 0 Å². The molecular weight excluding hydrogens is 348 g/mol. The minimum Gasteiger partial charge on any atom is -0.296 e. The van der Waals surface area contributed by atoms with Crippen LogP contribution in [0.1, 0.15) is 34.1 Å². The topological polar surface area (TPSA) is 50.1 Å². The molecule has 0 amide bonds. The van der Waals surface area contributed by atoms with Crippen LogP contribution >= 0.6 is 0 Å². The molecule has 0 N–H and O–H groups in total. The molecule has 28 heavy (non-hydrogen) atoms. The van der Waals surface area contributed by atoms with Crippen molar-refractivity contribution in [2.45, 2.75) is 33.0 Å². The molecule has 3 aromatic rings. The molecule has 6 nitrogen and oxygen atoms in total. The molecule has 1 fully saturated rings. The molecule has 146 valence electrons. The molecule has 0 saturated carbocycles. The quantitative estimate of drug-likeness (QED) is 0.685. The fraction of sp³-hybridized carbons (Fsp3) is 0.409. The number of hydrogen-bond acceptors (Lipinski definition) is 5. The first-order valence-corrected chi connectivity index (χ1v) is 9.85. The van der Waals surface area contributed by atoms with Gasteiger partial charge in [0.15, 0.2) is 0 Å². The summed E-state index contributed by atoms with van der Waals surface area (Å²) in [7, 11) is 1.99. The monoisotopic (exact) mass is 376 g/mol. The van der Waals surface area contributed by atoms with E-state index in [1.54, 1.807) is 0 Å². The fourth-order valence-corrected chi connectivity index (χ4v) is 4.04. The lowest BCUT2D eigenvalue weighted by atomic mass is 10.0. The van der Waals surface area contributed by atoms with Gasteiger partial charge in [0.05, 0.1) is 12.2 Å². The smallest absolute Gasteiger partial charge is 0.0538 e. The van der Waals surface area contributed by atoms with E-state index in [1.807, 2.05) is 30.3 Å². The number of pyridine rings is 2. The molecule has 1 saturated heterocycles. The molecule has 1 aliphatic rings. The Balaban J connectivity index is 1.52. The van der Waals surface area contributed by atoms with E-state index in [-0.39, 0.29) is 0 Å². The Hall–Kier alpha value is -2.57. The van der Waals surface area contributed by atoms with Crippen LogP contribution in [0.5, 0.6) is 0 Å². The van der Waals surface area contributed by atoms with Crippen molar-refractivity contribution in [3.63, 3.8) is 0 Å². The average Bonchev–Trinajstić information content (AvgIpc) is 3.09. The van der Waals surface area contributed by atoms with Crippen molar-refractivity contribution in [3.8, 4) is 0 Å². The average molecular weight is 377 g/mol. The van der Waals surface area contributed by atoms with Crippen molar-refractivity contribution in [3.05, 3.63) is 77.1 Å². The fourth-order valence-electron chi connectivity index (χ4n) is 4.04. The van der Waals surface area contributed by atoms with Crippen molar-refractivity contribution in [2.24, 2.45) is 7.05 Å². The van der Waals surface area contributed by atoms with E-state index in [0.717, 1.165) is 44.1 Å². The largest absolute Gasteiger partial charge is 0.296 e. The third-order valence-corrected chi connectivity index (χ3v) is 5.40. The highest BCUT2D eigenvalue weighted by Gasteiger charge is 2.29. The van der Waals surface area contributed by atoms with E-state index in [9.17, 15) is 0 Å². The third-order valence-electron chi connectivity index (χ3n) is 5.40. The SMILES string of the molecule is Cc1cc(CN2CCN(Cc3ccnc(C)c3)C(c3cnn(C)c3)C2)ccn1. The predicted molar refractivity (Wildman–Crippen MR) is 110 cm³/mol. The van der Waals surface area contributed by atoms with Crippen LogP contribution in [0, 0.1) is 13.8 Å². The second-order valence-corrected chi connectivity index (χ2v) is 7.78. The summed E-state index contributed by atoms with van der Waals surface area (Å²) >= 11 is 0. The second-order valence-electron chi connectivity index (χ2n) is 7.78. The van der Waals surface area contributed by atoms with E-state index in [1.165, 1.54) is 16.7 Å². The van der Waals surface area contributed by atoms with Crippen molar-refractivity contribution in [1.29, 1.82) is 0 Å². The summed E-state index contributed by atoms with van der Waals surface area (Å²) in [6.07, 6.45) is 7.97. The van der Waals surface area contributed by atoms with Crippen molar-refractivity contribution < 1.29 is 0 Å². The van der Waals surface area contributed by atoms with E-state index in [0.29, 0.717) is 6.04 Å². The highest BCUT2D eigenvalue weighted by atomic mass is 15.3. The van der Waals surface area contributed by atoms with Crippen LogP contribution in [0.3, 0.4) is 0 Å². The maximum Gasteiger partial charge on any atom is 0.0538 e. The van der Waals surface area contributed by atoms with Gasteiger partial charge in [0, 0.05) is 75.3 Å². The van der Waals surface area contributed by atoms with Gasteiger partial charge in [-0.3, -0.25) is 24.4 Å². The lowest BCUT2D eigenvalue weighted by Gasteiger charge is -2.41. The van der Waals surface area contributed by atoms with Gasteiger partial charge in [-0.2, -0.15) is 5.10 Å². The van der Waals surface area contributed by atoms with Crippen LogP contribution in [0.2, 0.25) is 0 Å². The summed E-state index contributed by atoms with van der Waals surface area (Å²) < 4.78 is 1.90. The molecule has 0 spiro atoms. The Bertz CT molecular complexity index is 934. The number of aromatic nitrogens is 4. The van der Waals surface area contributed by atoms with Crippen molar-refractivity contribution in [2.75, 3.05) is 19.6 Å². The first kappa shape index (κ1) is 18.8. The number of piperazine rings is 1. The Kier molecular flexibility index (Phi) is 5.50. The maximum atomic E-state index is 4.42. The molecule has 0 aromatic carbocycles. The maximum absolute atomic E-state index is 4.42. The molecule has 3 aromatic heterocycles. The van der Waals surface area contributed by atoms with Gasteiger partial charge in [-0.1, -0.05) is 0 Å². The zero-order valence-electron chi connectivity index (χ0n) is 16.9. The van der Waals surface area contributed by atoms with E-state index < -0.39 is 0 Å². The van der Waals surface area contributed by atoms with Crippen LogP contribution in [0.25, 0.3) is 0 Å². The molecule has 4 heterocycles. The summed E-state index contributed by atoms with van der Waals surface area (Å²) in [5.74, 6) is 0. The van der Waals surface area contributed by atoms with Crippen LogP contribution < -0.4 is 0 Å². The lowest BCUT2D eigenvalue weighted by molar-refractivity contribution is 0.0635. The minimum atomic E-state index is 0.332. The lowest BCUT2D eigenvalue weighted by Crippen LogP contribution is -2.47. The zero-order chi connectivity index (χ0) is 19.5. The molecular formula is C22H28N6. The van der Waals surface area contributed by atoms with E-state index in [2.05, 4.69) is 69.2 Å². The van der Waals surface area contributed by atoms with Crippen LogP contribution in [0.4, 0.5) is 0 Å². The van der Waals surface area contributed by atoms with Crippen LogP contribution in [-0.4, -0.2) is 49.2 Å². The summed E-state index contributed by atoms with van der Waals surface area (Å²) in [5.41, 5.74) is 6.08. The van der Waals surface area contributed by atoms with Gasteiger partial charge in [-0.25, -0.2) is 0 Å². The Morgan fingerprint density at radius 2 is 1.64 bits per heavy atom. The number of rotatable bonds is 5. The Morgan fingerprint density at radius 1 is 0.964 bits per heavy atom. The van der Waals surface area contributed by atoms with Gasteiger partial charge in [0.1, 0.15) is 0 Å². The highest BCUT2D eigenvalue weighted by molar-refractivity contribution is 5.19. The van der Waals surface area contributed by atoms with Gasteiger partial charge in [-0.05, 0) is 49.2 Å². The number of nitrogens with zero attached hydrogens (tertiary/aromatic N) is 6. The van der Waals surface area contributed by atoms with Gasteiger partial charge in [-0.15, -0.1) is 0 Å². The first-order valence-electron chi connectivity index (χ1n) is 9.85. The molecule has 0 radical (unpaired) electrons. The zero-order valence-corrected chi connectivity index (χ0v) is 16.9. The first-order chi connectivity index (χ1) is 13.6. The highest BCUT2D eigenvalue weighted by Crippen LogP contribution is 2.28. The van der Waals surface area contributed by atoms with Crippen molar-refractivity contribution in [1.82, 2.24) is 29.5 Å². The van der Waals surface area contributed by atoms with E-state index >= 15 is 0 Å². The number of aryl methyl sites for hydroxylation is 3. The number of hydrogen-bond donors (Lipinski definition) is 0. The normalized spacial score (nSPS) is 18.5. The standard InChI is InChI=1S/C22H28N6/c1-17-10-19(4-6-23-17)13-27-8-9-28(14-20-5-7-24-18(2)11-20)22(16-27)21-12-25-26(3)15-21/h4-7,10-12,15,22H,8-9,13-14,16H2,1-3H3. The summed E-state index contributed by atoms with van der Waals surface area (Å²) in [6, 6.07) is 8.95. The predicted octanol–water partition coefficient (Wildman–Crippen LogP) is 2.89. The molecule has 4 rings (SSSR count). The molecule has 6 heteroatoms. The minimum absolute atomic E-state index is 0.332. The van der Waals surface area contributed by atoms with Gasteiger partial charge in [0.25, 0.3) is 0 Å². The molecule has 1 atom stereocenters. The van der Waals surface area contributed by atoms with Crippen molar-refractivity contribution >= 4 is 0 Å².